The number of nitrogens with zero attached hydrogens (tertiary/aromatic N) is 2. The van der Waals surface area contributed by atoms with Gasteiger partial charge in [-0.3, -0.25) is 4.79 Å². The molecular weight excluding hydrogens is 130 g/mol. The second-order valence-corrected chi connectivity index (χ2v) is 2.37. The van der Waals surface area contributed by atoms with Crippen LogP contribution in [0.5, 0.6) is 0 Å². The Balaban J connectivity index is 2.53. The molecule has 0 bridgehead atoms. The van der Waals surface area contributed by atoms with Crippen molar-refractivity contribution in [2.24, 2.45) is 5.73 Å². The molecular formula is C6H7N3O. The number of imidazole rings is 1. The van der Waals surface area contributed by atoms with Crippen LogP contribution in [0.3, 0.4) is 0 Å². The molecule has 1 aliphatic heterocycles. The van der Waals surface area contributed by atoms with Crippen LogP contribution in [0.1, 0.15) is 10.6 Å². The molecule has 4 heteroatoms. The van der Waals surface area contributed by atoms with Crippen molar-refractivity contribution in [2.45, 2.75) is 12.6 Å². The molecule has 52 valence electrons. The Morgan fingerprint density at radius 1 is 1.80 bits per heavy atom. The maximum absolute atomic E-state index is 11.0. The van der Waals surface area contributed by atoms with E-state index in [9.17, 15) is 4.79 Å². The number of hydrogen-bond acceptors (Lipinski definition) is 3. The zero-order chi connectivity index (χ0) is 7.14. The van der Waals surface area contributed by atoms with Crippen LogP contribution in [0.15, 0.2) is 12.4 Å². The maximum Gasteiger partial charge on any atom is 0.216 e. The molecule has 0 aromatic carbocycles. The average Bonchev–Trinajstić information content (AvgIpc) is 2.41. The van der Waals surface area contributed by atoms with Crippen LogP contribution in [0.25, 0.3) is 0 Å². The summed E-state index contributed by atoms with van der Waals surface area (Å²) < 4.78 is 1.77. The van der Waals surface area contributed by atoms with E-state index in [1.54, 1.807) is 17.0 Å². The molecule has 0 saturated carbocycles. The molecule has 0 fully saturated rings. The second kappa shape index (κ2) is 1.67. The molecule has 1 aromatic heterocycles. The van der Waals surface area contributed by atoms with Crippen LogP contribution in [-0.4, -0.2) is 21.4 Å². The number of aromatic nitrogens is 2. The lowest BCUT2D eigenvalue weighted by Gasteiger charge is -1.94. The van der Waals surface area contributed by atoms with Crippen LogP contribution < -0.4 is 5.73 Å². The second-order valence-electron chi connectivity index (χ2n) is 2.37. The van der Waals surface area contributed by atoms with Gasteiger partial charge in [0.05, 0.1) is 6.04 Å². The van der Waals surface area contributed by atoms with Crippen molar-refractivity contribution < 1.29 is 4.79 Å². The normalized spacial score (nSPS) is 23.3. The predicted molar refractivity (Wildman–Crippen MR) is 34.5 cm³/mol. The van der Waals surface area contributed by atoms with Gasteiger partial charge in [0.1, 0.15) is 0 Å². The summed E-state index contributed by atoms with van der Waals surface area (Å²) in [6.45, 7) is 0.578. The van der Waals surface area contributed by atoms with Gasteiger partial charge in [0.15, 0.2) is 5.82 Å². The van der Waals surface area contributed by atoms with Crippen molar-refractivity contribution in [1.29, 1.82) is 0 Å². The molecule has 4 nitrogen and oxygen atoms in total. The van der Waals surface area contributed by atoms with Gasteiger partial charge in [-0.25, -0.2) is 4.98 Å². The van der Waals surface area contributed by atoms with Crippen molar-refractivity contribution in [3.8, 4) is 0 Å². The van der Waals surface area contributed by atoms with E-state index < -0.39 is 0 Å². The van der Waals surface area contributed by atoms with Gasteiger partial charge >= 0.3 is 0 Å². The monoisotopic (exact) mass is 137 g/mol. The number of rotatable bonds is 0. The van der Waals surface area contributed by atoms with Gasteiger partial charge in [-0.05, 0) is 0 Å². The number of nitrogens with two attached hydrogens (primary N) is 1. The van der Waals surface area contributed by atoms with Gasteiger partial charge in [0.25, 0.3) is 0 Å². The summed E-state index contributed by atoms with van der Waals surface area (Å²) >= 11 is 0. The highest BCUT2D eigenvalue weighted by atomic mass is 16.1. The maximum atomic E-state index is 11.0. The fraction of sp³-hybridized carbons (Fsp3) is 0.333. The van der Waals surface area contributed by atoms with Gasteiger partial charge in [-0.2, -0.15) is 0 Å². The number of fused-ring (bicyclic) bond motifs is 1. The average molecular weight is 137 g/mol. The molecule has 1 unspecified atom stereocenters. The summed E-state index contributed by atoms with van der Waals surface area (Å²) in [4.78, 5) is 14.9. The first-order valence-corrected chi connectivity index (χ1v) is 3.10. The molecule has 0 amide bonds. The standard InChI is InChI=1S/C6H7N3O/c7-4-3-9-2-1-8-6(9)5(4)10/h1-2,4H,3,7H2. The minimum Gasteiger partial charge on any atom is -0.326 e. The highest BCUT2D eigenvalue weighted by molar-refractivity contribution is 5.98. The molecule has 2 heterocycles. The van der Waals surface area contributed by atoms with Crippen LogP contribution in [0, 0.1) is 0 Å². The Bertz CT molecular complexity index is 278. The third-order valence-corrected chi connectivity index (χ3v) is 1.67. The number of ketones is 1. The number of hydrogen-bond donors (Lipinski definition) is 1. The summed E-state index contributed by atoms with van der Waals surface area (Å²) in [6.07, 6.45) is 3.37. The van der Waals surface area contributed by atoms with E-state index in [1.807, 2.05) is 0 Å². The molecule has 1 aliphatic rings. The zero-order valence-electron chi connectivity index (χ0n) is 5.32. The lowest BCUT2D eigenvalue weighted by Crippen LogP contribution is -2.27. The molecule has 0 aliphatic carbocycles. The van der Waals surface area contributed by atoms with Crippen molar-refractivity contribution in [2.75, 3.05) is 0 Å². The molecule has 1 atom stereocenters. The molecule has 2 rings (SSSR count). The fourth-order valence-corrected chi connectivity index (χ4v) is 1.14. The summed E-state index contributed by atoms with van der Waals surface area (Å²) in [5, 5.41) is 0. The first-order valence-electron chi connectivity index (χ1n) is 3.10. The van der Waals surface area contributed by atoms with Gasteiger partial charge in [-0.1, -0.05) is 0 Å². The molecule has 0 spiro atoms. The molecule has 0 saturated heterocycles. The SMILES string of the molecule is NC1Cn2ccnc2C1=O. The van der Waals surface area contributed by atoms with E-state index in [0.29, 0.717) is 12.4 Å². The number of carbonyl (C=O) groups excluding carboxylic acids is 1. The number of Topliss-reactive ketones (excluding diaryl/α,β-unsaturated/α-hetero) is 1. The minimum atomic E-state index is -0.372. The van der Waals surface area contributed by atoms with E-state index in [2.05, 4.69) is 4.98 Å². The van der Waals surface area contributed by atoms with Crippen LogP contribution in [0.2, 0.25) is 0 Å². The van der Waals surface area contributed by atoms with E-state index >= 15 is 0 Å². The summed E-state index contributed by atoms with van der Waals surface area (Å²) in [5.41, 5.74) is 5.46. The molecule has 0 radical (unpaired) electrons. The first kappa shape index (κ1) is 5.61. The Kier molecular flexibility index (Phi) is 0.935. The highest BCUT2D eigenvalue weighted by Gasteiger charge is 2.27. The topological polar surface area (TPSA) is 60.9 Å². The lowest BCUT2D eigenvalue weighted by atomic mass is 10.2. The largest absolute Gasteiger partial charge is 0.326 e. The van der Waals surface area contributed by atoms with Gasteiger partial charge in [0, 0.05) is 18.9 Å². The summed E-state index contributed by atoms with van der Waals surface area (Å²) in [5.74, 6) is 0.442. The van der Waals surface area contributed by atoms with Gasteiger partial charge < -0.3 is 10.3 Å². The molecule has 2 N–H and O–H groups in total. The van der Waals surface area contributed by atoms with Crippen molar-refractivity contribution >= 4 is 5.78 Å². The van der Waals surface area contributed by atoms with E-state index in [0.717, 1.165) is 0 Å². The number of carbonyl (C=O) groups is 1. The van der Waals surface area contributed by atoms with Crippen molar-refractivity contribution in [3.05, 3.63) is 18.2 Å². The molecule has 1 aromatic rings. The Labute approximate surface area is 57.7 Å². The van der Waals surface area contributed by atoms with Gasteiger partial charge in [0.2, 0.25) is 5.78 Å². The van der Waals surface area contributed by atoms with Crippen molar-refractivity contribution in [1.82, 2.24) is 9.55 Å². The predicted octanol–water partition coefficient (Wildman–Crippen LogP) is -0.593. The summed E-state index contributed by atoms with van der Waals surface area (Å²) in [6, 6.07) is -0.372. The minimum absolute atomic E-state index is 0.0509. The van der Waals surface area contributed by atoms with Crippen LogP contribution >= 0.6 is 0 Å². The zero-order valence-corrected chi connectivity index (χ0v) is 5.32. The first-order chi connectivity index (χ1) is 4.79. The Morgan fingerprint density at radius 2 is 2.60 bits per heavy atom. The third kappa shape index (κ3) is 0.537. The Hall–Kier alpha value is -1.16. The molecule has 10 heavy (non-hydrogen) atoms. The lowest BCUT2D eigenvalue weighted by molar-refractivity contribution is 0.0970. The smallest absolute Gasteiger partial charge is 0.216 e. The van der Waals surface area contributed by atoms with Crippen LogP contribution in [0.4, 0.5) is 0 Å². The highest BCUT2D eigenvalue weighted by Crippen LogP contribution is 2.10. The Morgan fingerprint density at radius 3 is 3.30 bits per heavy atom. The quantitative estimate of drug-likeness (QED) is 0.519. The van der Waals surface area contributed by atoms with Crippen LogP contribution in [-0.2, 0) is 6.54 Å². The van der Waals surface area contributed by atoms with Crippen molar-refractivity contribution in [3.63, 3.8) is 0 Å². The fourth-order valence-electron chi connectivity index (χ4n) is 1.14. The summed E-state index contributed by atoms with van der Waals surface area (Å²) in [7, 11) is 0. The van der Waals surface area contributed by atoms with E-state index in [-0.39, 0.29) is 11.8 Å². The van der Waals surface area contributed by atoms with E-state index in [4.69, 9.17) is 5.73 Å². The van der Waals surface area contributed by atoms with E-state index in [1.165, 1.54) is 0 Å². The third-order valence-electron chi connectivity index (χ3n) is 1.67. The van der Waals surface area contributed by atoms with Gasteiger partial charge in [-0.15, -0.1) is 0 Å².